The highest BCUT2D eigenvalue weighted by Crippen LogP contribution is 2.25. The van der Waals surface area contributed by atoms with E-state index in [-0.39, 0.29) is 5.25 Å². The van der Waals surface area contributed by atoms with Gasteiger partial charge in [0, 0.05) is 18.6 Å². The van der Waals surface area contributed by atoms with E-state index in [0.29, 0.717) is 5.76 Å². The molecule has 0 aromatic carbocycles. The third-order valence-electron chi connectivity index (χ3n) is 2.35. The molecule has 0 bridgehead atoms. The summed E-state index contributed by atoms with van der Waals surface area (Å²) in [4.78, 5) is 8.85. The monoisotopic (exact) mass is 236 g/mol. The fourth-order valence-corrected chi connectivity index (χ4v) is 2.65. The van der Waals surface area contributed by atoms with E-state index in [4.69, 9.17) is 4.42 Å². The Morgan fingerprint density at radius 1 is 1.44 bits per heavy atom. The highest BCUT2D eigenvalue weighted by atomic mass is 32.2. The predicted octanol–water partition coefficient (Wildman–Crippen LogP) is 2.25. The maximum atomic E-state index is 12.2. The van der Waals surface area contributed by atoms with Crippen LogP contribution in [0.25, 0.3) is 0 Å². The van der Waals surface area contributed by atoms with Gasteiger partial charge in [0.05, 0.1) is 32.9 Å². The zero-order valence-electron chi connectivity index (χ0n) is 9.08. The second-order valence-electron chi connectivity index (χ2n) is 3.41. The van der Waals surface area contributed by atoms with Crippen molar-refractivity contribution in [2.24, 2.45) is 0 Å². The number of rotatable bonds is 3. The number of hydrogen-bond acceptors (Lipinski definition) is 4. The molecule has 2 atom stereocenters. The summed E-state index contributed by atoms with van der Waals surface area (Å²) in [6.07, 6.45) is 6.39. The Labute approximate surface area is 96.2 Å². The molecular weight excluding hydrogens is 224 g/mol. The Bertz CT molecular complexity index is 496. The summed E-state index contributed by atoms with van der Waals surface area (Å²) in [5.74, 6) is 0.689. The summed E-state index contributed by atoms with van der Waals surface area (Å²) in [7, 11) is -1.16. The van der Waals surface area contributed by atoms with Crippen molar-refractivity contribution >= 4 is 10.8 Å². The van der Waals surface area contributed by atoms with Gasteiger partial charge in [0.1, 0.15) is 5.76 Å². The highest BCUT2D eigenvalue weighted by molar-refractivity contribution is 7.85. The maximum Gasteiger partial charge on any atom is 0.116 e. The minimum absolute atomic E-state index is 0.190. The first-order chi connectivity index (χ1) is 7.70. The van der Waals surface area contributed by atoms with Gasteiger partial charge >= 0.3 is 0 Å². The van der Waals surface area contributed by atoms with Crippen molar-refractivity contribution in [2.75, 3.05) is 0 Å². The zero-order valence-corrected chi connectivity index (χ0v) is 9.90. The number of aryl methyl sites for hydroxylation is 1. The lowest BCUT2D eigenvalue weighted by molar-refractivity contribution is 0.525. The molecule has 4 nitrogen and oxygen atoms in total. The summed E-state index contributed by atoms with van der Waals surface area (Å²) in [6, 6.07) is 1.73. The molecule has 0 radical (unpaired) electrons. The molecule has 0 aliphatic heterocycles. The molecular formula is C11H12N2O2S. The topological polar surface area (TPSA) is 56.0 Å². The molecule has 0 amide bonds. The molecule has 0 saturated heterocycles. The van der Waals surface area contributed by atoms with Gasteiger partial charge < -0.3 is 4.42 Å². The summed E-state index contributed by atoms with van der Waals surface area (Å²) < 4.78 is 17.4. The van der Waals surface area contributed by atoms with Crippen LogP contribution in [-0.2, 0) is 10.8 Å². The van der Waals surface area contributed by atoms with Gasteiger partial charge in [0.25, 0.3) is 0 Å². The molecule has 0 spiro atoms. The van der Waals surface area contributed by atoms with Crippen molar-refractivity contribution in [3.63, 3.8) is 0 Å². The lowest BCUT2D eigenvalue weighted by Gasteiger charge is -2.09. The molecule has 5 heteroatoms. The van der Waals surface area contributed by atoms with E-state index in [2.05, 4.69) is 9.97 Å². The third-order valence-corrected chi connectivity index (χ3v) is 4.09. The Balaban J connectivity index is 2.27. The van der Waals surface area contributed by atoms with Gasteiger partial charge in [0.15, 0.2) is 0 Å². The maximum absolute atomic E-state index is 12.2. The fraction of sp³-hybridized carbons (Fsp3) is 0.273. The van der Waals surface area contributed by atoms with Crippen LogP contribution in [0.3, 0.4) is 0 Å². The summed E-state index contributed by atoms with van der Waals surface area (Å²) in [5, 5.41) is -0.190. The van der Waals surface area contributed by atoms with E-state index in [1.807, 2.05) is 6.92 Å². The van der Waals surface area contributed by atoms with Crippen LogP contribution in [0.4, 0.5) is 0 Å². The van der Waals surface area contributed by atoms with Crippen molar-refractivity contribution < 1.29 is 8.63 Å². The van der Waals surface area contributed by atoms with Gasteiger partial charge in [-0.05, 0) is 19.9 Å². The molecule has 0 unspecified atom stereocenters. The minimum atomic E-state index is -1.16. The molecule has 2 heterocycles. The molecule has 0 N–H and O–H groups in total. The van der Waals surface area contributed by atoms with Gasteiger partial charge in [-0.25, -0.2) is 0 Å². The standard InChI is InChI=1S/C11H12N2O2S/c1-8-11(3-6-15-8)16(14)9(2)10-7-12-4-5-13-10/h3-7,9H,1-2H3/t9-,16+/m0/s1. The van der Waals surface area contributed by atoms with Gasteiger partial charge in [-0.2, -0.15) is 0 Å². The number of aromatic nitrogens is 2. The molecule has 0 aliphatic carbocycles. The Kier molecular flexibility index (Phi) is 3.14. The normalized spacial score (nSPS) is 14.6. The summed E-state index contributed by atoms with van der Waals surface area (Å²) in [5.41, 5.74) is 0.724. The molecule has 84 valence electrons. The van der Waals surface area contributed by atoms with Crippen LogP contribution >= 0.6 is 0 Å². The van der Waals surface area contributed by atoms with E-state index in [1.165, 1.54) is 0 Å². The largest absolute Gasteiger partial charge is 0.468 e. The van der Waals surface area contributed by atoms with Crippen LogP contribution in [0.1, 0.15) is 23.6 Å². The van der Waals surface area contributed by atoms with E-state index in [0.717, 1.165) is 10.6 Å². The van der Waals surface area contributed by atoms with Crippen LogP contribution in [0.2, 0.25) is 0 Å². The van der Waals surface area contributed by atoms with Crippen LogP contribution in [-0.4, -0.2) is 14.2 Å². The van der Waals surface area contributed by atoms with Gasteiger partial charge in [-0.1, -0.05) is 0 Å². The Morgan fingerprint density at radius 3 is 2.81 bits per heavy atom. The molecule has 16 heavy (non-hydrogen) atoms. The van der Waals surface area contributed by atoms with Crippen molar-refractivity contribution in [2.45, 2.75) is 24.0 Å². The molecule has 2 rings (SSSR count). The van der Waals surface area contributed by atoms with Crippen molar-refractivity contribution in [1.82, 2.24) is 9.97 Å². The summed E-state index contributed by atoms with van der Waals surface area (Å²) in [6.45, 7) is 3.67. The number of nitrogens with zero attached hydrogens (tertiary/aromatic N) is 2. The zero-order chi connectivity index (χ0) is 11.5. The van der Waals surface area contributed by atoms with Crippen molar-refractivity contribution in [1.29, 1.82) is 0 Å². The van der Waals surface area contributed by atoms with E-state index >= 15 is 0 Å². The lowest BCUT2D eigenvalue weighted by Crippen LogP contribution is -2.05. The Morgan fingerprint density at radius 2 is 2.25 bits per heavy atom. The minimum Gasteiger partial charge on any atom is -0.468 e. The first-order valence-corrected chi connectivity index (χ1v) is 6.12. The second kappa shape index (κ2) is 4.57. The average Bonchev–Trinajstić information content (AvgIpc) is 2.75. The molecule has 0 aliphatic rings. The smallest absolute Gasteiger partial charge is 0.116 e. The van der Waals surface area contributed by atoms with Crippen LogP contribution in [0, 0.1) is 6.92 Å². The van der Waals surface area contributed by atoms with Gasteiger partial charge in [-0.15, -0.1) is 0 Å². The Hall–Kier alpha value is -1.49. The first-order valence-electron chi connectivity index (χ1n) is 4.90. The van der Waals surface area contributed by atoms with Gasteiger partial charge in [0.2, 0.25) is 0 Å². The van der Waals surface area contributed by atoms with Crippen molar-refractivity contribution in [3.05, 3.63) is 42.4 Å². The molecule has 0 fully saturated rings. The van der Waals surface area contributed by atoms with Crippen LogP contribution < -0.4 is 0 Å². The van der Waals surface area contributed by atoms with E-state index < -0.39 is 10.8 Å². The fourth-order valence-electron chi connectivity index (χ4n) is 1.40. The average molecular weight is 236 g/mol. The predicted molar refractivity (Wildman–Crippen MR) is 60.3 cm³/mol. The second-order valence-corrected chi connectivity index (χ2v) is 5.15. The van der Waals surface area contributed by atoms with E-state index in [9.17, 15) is 4.21 Å². The molecule has 2 aromatic rings. The quantitative estimate of drug-likeness (QED) is 0.820. The lowest BCUT2D eigenvalue weighted by atomic mass is 10.3. The molecule has 2 aromatic heterocycles. The SMILES string of the molecule is Cc1occc1[S@](=O)[C@@H](C)c1cnccn1. The van der Waals surface area contributed by atoms with Crippen LogP contribution in [0.15, 0.2) is 40.2 Å². The van der Waals surface area contributed by atoms with Crippen molar-refractivity contribution in [3.8, 4) is 0 Å². The third kappa shape index (κ3) is 2.04. The summed E-state index contributed by atoms with van der Waals surface area (Å²) >= 11 is 0. The first kappa shape index (κ1) is 11.0. The highest BCUT2D eigenvalue weighted by Gasteiger charge is 2.19. The van der Waals surface area contributed by atoms with Gasteiger partial charge in [-0.3, -0.25) is 14.2 Å². The number of furan rings is 1. The van der Waals surface area contributed by atoms with Crippen LogP contribution in [0.5, 0.6) is 0 Å². The molecule has 0 saturated carbocycles. The van der Waals surface area contributed by atoms with E-state index in [1.54, 1.807) is 37.8 Å². The number of hydrogen-bond donors (Lipinski definition) is 0.